The molecule has 0 saturated heterocycles. The number of hydrogen-bond acceptors (Lipinski definition) is 5. The number of carboxylic acids is 1. The van der Waals surface area contributed by atoms with Crippen molar-refractivity contribution in [1.29, 1.82) is 0 Å². The molecule has 1 aromatic rings. The molecule has 0 atom stereocenters. The smallest absolute Gasteiger partial charge is 0.356 e. The predicted molar refractivity (Wildman–Crippen MR) is 71.8 cm³/mol. The Balaban J connectivity index is 2.32. The maximum Gasteiger partial charge on any atom is 0.356 e. The summed E-state index contributed by atoms with van der Waals surface area (Å²) >= 11 is 0. The lowest BCUT2D eigenvalue weighted by Crippen LogP contribution is -2.41. The zero-order valence-corrected chi connectivity index (χ0v) is 11.9. The Labute approximate surface area is 121 Å². The number of nitrogens with zero attached hydrogens (tertiary/aromatic N) is 3. The highest BCUT2D eigenvalue weighted by Gasteiger charge is 2.13. The fourth-order valence-corrected chi connectivity index (χ4v) is 1.49. The minimum Gasteiger partial charge on any atom is -0.476 e. The number of aromatic carboxylic acids is 1. The molecule has 21 heavy (non-hydrogen) atoms. The number of ether oxygens (including phenoxy) is 1. The zero-order chi connectivity index (χ0) is 15.8. The molecule has 1 heterocycles. The van der Waals surface area contributed by atoms with Gasteiger partial charge in [0.25, 0.3) is 0 Å². The number of rotatable bonds is 7. The van der Waals surface area contributed by atoms with E-state index < -0.39 is 18.0 Å². The van der Waals surface area contributed by atoms with Gasteiger partial charge in [0.2, 0.25) is 0 Å². The van der Waals surface area contributed by atoms with Crippen LogP contribution in [-0.4, -0.2) is 64.3 Å². The number of nitrogens with one attached hydrogen (secondary N) is 1. The molecule has 0 aromatic carbocycles. The number of hydrogen-bond donors (Lipinski definition) is 2. The van der Waals surface area contributed by atoms with Crippen LogP contribution < -0.4 is 5.32 Å². The lowest BCUT2D eigenvalue weighted by atomic mass is 10.5. The van der Waals surface area contributed by atoms with Gasteiger partial charge in [-0.2, -0.15) is 0 Å². The number of imidazole rings is 1. The monoisotopic (exact) mass is 298 g/mol. The SMILES string of the molecule is CCOC(=O)CN(C)C(=O)NCCn1cnc(C(=O)O)c1. The van der Waals surface area contributed by atoms with Crippen molar-refractivity contribution in [2.75, 3.05) is 26.7 Å². The van der Waals surface area contributed by atoms with Crippen LogP contribution in [0.15, 0.2) is 12.5 Å². The van der Waals surface area contributed by atoms with Crippen LogP contribution in [0.1, 0.15) is 17.4 Å². The van der Waals surface area contributed by atoms with E-state index >= 15 is 0 Å². The molecule has 0 aliphatic heterocycles. The van der Waals surface area contributed by atoms with Crippen LogP contribution >= 0.6 is 0 Å². The van der Waals surface area contributed by atoms with Crippen LogP contribution in [0.25, 0.3) is 0 Å². The van der Waals surface area contributed by atoms with Gasteiger partial charge < -0.3 is 24.6 Å². The minimum atomic E-state index is -1.10. The van der Waals surface area contributed by atoms with E-state index in [4.69, 9.17) is 9.84 Å². The molecular weight excluding hydrogens is 280 g/mol. The van der Waals surface area contributed by atoms with E-state index in [1.54, 1.807) is 11.5 Å². The normalized spacial score (nSPS) is 10.0. The van der Waals surface area contributed by atoms with Gasteiger partial charge in [-0.05, 0) is 6.92 Å². The van der Waals surface area contributed by atoms with Gasteiger partial charge in [0, 0.05) is 26.3 Å². The van der Waals surface area contributed by atoms with Gasteiger partial charge in [-0.1, -0.05) is 0 Å². The molecule has 9 heteroatoms. The first-order chi connectivity index (χ1) is 9.93. The molecule has 2 N–H and O–H groups in total. The minimum absolute atomic E-state index is 0.0549. The van der Waals surface area contributed by atoms with Crippen molar-refractivity contribution < 1.29 is 24.2 Å². The quantitative estimate of drug-likeness (QED) is 0.673. The van der Waals surface area contributed by atoms with Crippen molar-refractivity contribution >= 4 is 18.0 Å². The third kappa shape index (κ3) is 5.51. The molecule has 1 rings (SSSR count). The molecule has 0 spiro atoms. The topological polar surface area (TPSA) is 114 Å². The second-order valence-corrected chi connectivity index (χ2v) is 4.19. The van der Waals surface area contributed by atoms with Gasteiger partial charge in [0.1, 0.15) is 6.54 Å². The number of carbonyl (C=O) groups excluding carboxylic acids is 2. The molecule has 0 saturated carbocycles. The van der Waals surface area contributed by atoms with Crippen molar-refractivity contribution in [2.24, 2.45) is 0 Å². The molecule has 0 bridgehead atoms. The van der Waals surface area contributed by atoms with E-state index in [-0.39, 0.29) is 25.4 Å². The summed E-state index contributed by atoms with van der Waals surface area (Å²) in [5.41, 5.74) is -0.0549. The number of amides is 2. The van der Waals surface area contributed by atoms with Crippen LogP contribution in [0.5, 0.6) is 0 Å². The first-order valence-electron chi connectivity index (χ1n) is 6.33. The van der Waals surface area contributed by atoms with Gasteiger partial charge in [-0.15, -0.1) is 0 Å². The Kier molecular flexibility index (Phi) is 6.18. The van der Waals surface area contributed by atoms with E-state index in [0.29, 0.717) is 6.54 Å². The fourth-order valence-electron chi connectivity index (χ4n) is 1.49. The lowest BCUT2D eigenvalue weighted by Gasteiger charge is -2.16. The van der Waals surface area contributed by atoms with E-state index in [0.717, 1.165) is 0 Å². The third-order valence-electron chi connectivity index (χ3n) is 2.52. The summed E-state index contributed by atoms with van der Waals surface area (Å²) in [7, 11) is 1.48. The van der Waals surface area contributed by atoms with E-state index in [2.05, 4.69) is 10.3 Å². The highest BCUT2D eigenvalue weighted by molar-refractivity contribution is 5.84. The van der Waals surface area contributed by atoms with Crippen LogP contribution in [-0.2, 0) is 16.1 Å². The number of esters is 1. The maximum absolute atomic E-state index is 11.7. The zero-order valence-electron chi connectivity index (χ0n) is 11.9. The summed E-state index contributed by atoms with van der Waals surface area (Å²) in [5.74, 6) is -1.58. The Morgan fingerprint density at radius 1 is 1.48 bits per heavy atom. The number of carboxylic acid groups (broad SMARTS) is 1. The van der Waals surface area contributed by atoms with Crippen molar-refractivity contribution in [3.05, 3.63) is 18.2 Å². The molecule has 0 fully saturated rings. The molecule has 0 radical (unpaired) electrons. The van der Waals surface area contributed by atoms with Crippen molar-refractivity contribution in [1.82, 2.24) is 19.8 Å². The molecule has 2 amide bonds. The summed E-state index contributed by atoms with van der Waals surface area (Å²) in [5, 5.41) is 11.3. The third-order valence-corrected chi connectivity index (χ3v) is 2.52. The Bertz CT molecular complexity index is 514. The van der Waals surface area contributed by atoms with E-state index in [1.165, 1.54) is 24.5 Å². The van der Waals surface area contributed by atoms with Crippen molar-refractivity contribution in [2.45, 2.75) is 13.5 Å². The average Bonchev–Trinajstić information content (AvgIpc) is 2.87. The Morgan fingerprint density at radius 3 is 2.76 bits per heavy atom. The van der Waals surface area contributed by atoms with Gasteiger partial charge >= 0.3 is 18.0 Å². The molecule has 1 aromatic heterocycles. The van der Waals surface area contributed by atoms with E-state index in [9.17, 15) is 14.4 Å². The van der Waals surface area contributed by atoms with Gasteiger partial charge in [-0.25, -0.2) is 14.6 Å². The highest BCUT2D eigenvalue weighted by atomic mass is 16.5. The lowest BCUT2D eigenvalue weighted by molar-refractivity contribution is -0.143. The molecule has 0 unspecified atom stereocenters. The first kappa shape index (κ1) is 16.5. The van der Waals surface area contributed by atoms with Crippen LogP contribution in [0.2, 0.25) is 0 Å². The number of urea groups is 1. The van der Waals surface area contributed by atoms with Gasteiger partial charge in [-0.3, -0.25) is 4.79 Å². The predicted octanol–water partition coefficient (Wildman–Crippen LogP) is -0.214. The molecule has 9 nitrogen and oxygen atoms in total. The fraction of sp³-hybridized carbons (Fsp3) is 0.500. The summed E-state index contributed by atoms with van der Waals surface area (Å²) in [4.78, 5) is 38.4. The molecule has 0 aliphatic rings. The summed E-state index contributed by atoms with van der Waals surface area (Å²) in [6.07, 6.45) is 2.74. The summed E-state index contributed by atoms with van der Waals surface area (Å²) in [6, 6.07) is -0.415. The number of likely N-dealkylation sites (N-methyl/N-ethyl adjacent to an activating group) is 1. The number of aromatic nitrogens is 2. The second-order valence-electron chi connectivity index (χ2n) is 4.19. The van der Waals surface area contributed by atoms with Crippen LogP contribution in [0, 0.1) is 0 Å². The summed E-state index contributed by atoms with van der Waals surface area (Å²) in [6.45, 7) is 2.48. The molecular formula is C12H18N4O5. The second kappa shape index (κ2) is 7.88. The van der Waals surface area contributed by atoms with Crippen LogP contribution in [0.3, 0.4) is 0 Å². The van der Waals surface area contributed by atoms with Gasteiger partial charge in [0.05, 0.1) is 12.9 Å². The van der Waals surface area contributed by atoms with Crippen molar-refractivity contribution in [3.63, 3.8) is 0 Å². The standard InChI is InChI=1S/C12H18N4O5/c1-3-21-10(17)7-15(2)12(20)13-4-5-16-6-9(11(18)19)14-8-16/h6,8H,3-5,7H2,1-2H3,(H,13,20)(H,18,19). The largest absolute Gasteiger partial charge is 0.476 e. The molecule has 0 aliphatic carbocycles. The van der Waals surface area contributed by atoms with E-state index in [1.807, 2.05) is 0 Å². The Hall–Kier alpha value is -2.58. The molecule has 116 valence electrons. The van der Waals surface area contributed by atoms with Gasteiger partial charge in [0.15, 0.2) is 5.69 Å². The Morgan fingerprint density at radius 2 is 2.19 bits per heavy atom. The average molecular weight is 298 g/mol. The first-order valence-corrected chi connectivity index (χ1v) is 6.33. The highest BCUT2D eigenvalue weighted by Crippen LogP contribution is 1.95. The summed E-state index contributed by atoms with van der Waals surface area (Å²) < 4.78 is 6.28. The van der Waals surface area contributed by atoms with Crippen molar-refractivity contribution in [3.8, 4) is 0 Å². The number of carbonyl (C=O) groups is 3. The van der Waals surface area contributed by atoms with Crippen LogP contribution in [0.4, 0.5) is 4.79 Å². The maximum atomic E-state index is 11.7.